The molecule has 1 N–H and O–H groups in total. The molecule has 254 valence electrons. The standard InChI is InChI=1S/C39H52N2O6/c1-28(41(2)37(44)46-27-32-11-7-4-8-12-32)34(39-22-16-30(17-23-39)18-24-39)47-35(42)33(25-38-19-13-29(14-20-38)15-21-38)40-36(43)45-26-31-9-5-3-6-10-31/h3-12,28-30,33-34H,13-27H2,1-2H3,(H,40,43). The Morgan fingerprint density at radius 3 is 1.79 bits per heavy atom. The van der Waals surface area contributed by atoms with Gasteiger partial charge >= 0.3 is 18.2 Å². The molecular formula is C39H52N2O6. The zero-order valence-corrected chi connectivity index (χ0v) is 28.2. The molecule has 0 aliphatic heterocycles. The molecule has 3 unspecified atom stereocenters. The van der Waals surface area contributed by atoms with Crippen LogP contribution < -0.4 is 5.32 Å². The molecule has 0 heterocycles. The number of esters is 1. The zero-order valence-electron chi connectivity index (χ0n) is 28.2. The van der Waals surface area contributed by atoms with E-state index in [1.807, 2.05) is 67.6 Å². The minimum atomic E-state index is -0.825. The predicted molar refractivity (Wildman–Crippen MR) is 179 cm³/mol. The molecule has 0 aromatic heterocycles. The second-order valence-corrected chi connectivity index (χ2v) is 15.0. The quantitative estimate of drug-likeness (QED) is 0.185. The average Bonchev–Trinajstić information content (AvgIpc) is 3.13. The molecule has 4 bridgehead atoms. The predicted octanol–water partition coefficient (Wildman–Crippen LogP) is 8.18. The molecule has 2 aromatic rings. The van der Waals surface area contributed by atoms with Gasteiger partial charge in [-0.05, 0) is 119 Å². The number of hydrogen-bond acceptors (Lipinski definition) is 6. The van der Waals surface area contributed by atoms with E-state index in [1.54, 1.807) is 11.9 Å². The van der Waals surface area contributed by atoms with E-state index in [0.29, 0.717) is 6.42 Å². The summed E-state index contributed by atoms with van der Waals surface area (Å²) in [7, 11) is 1.74. The number of ether oxygens (including phenoxy) is 3. The van der Waals surface area contributed by atoms with Gasteiger partial charge in [-0.15, -0.1) is 0 Å². The van der Waals surface area contributed by atoms with Crippen LogP contribution in [0.15, 0.2) is 60.7 Å². The molecule has 8 heteroatoms. The summed E-state index contributed by atoms with van der Waals surface area (Å²) in [6.07, 6.45) is 12.0. The number of fused-ring (bicyclic) bond motifs is 6. The topological polar surface area (TPSA) is 94.2 Å². The Balaban J connectivity index is 1.19. The van der Waals surface area contributed by atoms with Crippen molar-refractivity contribution in [1.82, 2.24) is 10.2 Å². The van der Waals surface area contributed by atoms with Crippen LogP contribution in [0, 0.1) is 22.7 Å². The first-order valence-corrected chi connectivity index (χ1v) is 17.9. The molecule has 0 saturated heterocycles. The van der Waals surface area contributed by atoms with Crippen LogP contribution in [0.4, 0.5) is 9.59 Å². The van der Waals surface area contributed by atoms with Crippen LogP contribution in [-0.4, -0.2) is 48.3 Å². The van der Waals surface area contributed by atoms with E-state index in [2.05, 4.69) is 5.32 Å². The van der Waals surface area contributed by atoms with Crippen LogP contribution in [0.5, 0.6) is 0 Å². The first-order chi connectivity index (χ1) is 22.7. The van der Waals surface area contributed by atoms with Crippen molar-refractivity contribution in [1.29, 1.82) is 0 Å². The Labute approximate surface area is 279 Å². The molecule has 2 aromatic carbocycles. The monoisotopic (exact) mass is 644 g/mol. The number of nitrogens with one attached hydrogen (secondary N) is 1. The fraction of sp³-hybridized carbons (Fsp3) is 0.615. The Kier molecular flexibility index (Phi) is 10.4. The normalized spacial score (nSPS) is 28.0. The van der Waals surface area contributed by atoms with Crippen LogP contribution in [0.1, 0.15) is 102 Å². The van der Waals surface area contributed by atoms with Gasteiger partial charge in [0.15, 0.2) is 0 Å². The molecule has 8 nitrogen and oxygen atoms in total. The molecule has 47 heavy (non-hydrogen) atoms. The van der Waals surface area contributed by atoms with Crippen molar-refractivity contribution in [2.24, 2.45) is 22.7 Å². The van der Waals surface area contributed by atoms with Crippen LogP contribution in [0.25, 0.3) is 0 Å². The summed E-state index contributed by atoms with van der Waals surface area (Å²) in [6.45, 7) is 2.27. The number of amides is 2. The molecule has 3 atom stereocenters. The molecule has 6 aliphatic rings. The van der Waals surface area contributed by atoms with Crippen molar-refractivity contribution < 1.29 is 28.6 Å². The maximum atomic E-state index is 14.4. The lowest BCUT2D eigenvalue weighted by molar-refractivity contribution is -0.173. The van der Waals surface area contributed by atoms with Gasteiger partial charge in [-0.1, -0.05) is 60.7 Å². The molecule has 8 rings (SSSR count). The van der Waals surface area contributed by atoms with Gasteiger partial charge in [-0.3, -0.25) is 0 Å². The number of benzene rings is 2. The fourth-order valence-electron chi connectivity index (χ4n) is 9.02. The number of carbonyl (C=O) groups is 3. The van der Waals surface area contributed by atoms with Crippen molar-refractivity contribution >= 4 is 18.2 Å². The number of likely N-dealkylation sites (N-methyl/N-ethyl adjacent to an activating group) is 1. The second-order valence-electron chi connectivity index (χ2n) is 15.0. The van der Waals surface area contributed by atoms with Gasteiger partial charge in [0.05, 0.1) is 6.04 Å². The second kappa shape index (κ2) is 14.7. The van der Waals surface area contributed by atoms with Gasteiger partial charge in [0, 0.05) is 12.5 Å². The number of carbonyl (C=O) groups excluding carboxylic acids is 3. The van der Waals surface area contributed by atoms with Gasteiger partial charge in [-0.2, -0.15) is 0 Å². The first kappa shape index (κ1) is 33.4. The van der Waals surface area contributed by atoms with Crippen molar-refractivity contribution in [3.63, 3.8) is 0 Å². The van der Waals surface area contributed by atoms with Gasteiger partial charge in [0.2, 0.25) is 0 Å². The Hall–Kier alpha value is -3.55. The van der Waals surface area contributed by atoms with E-state index in [4.69, 9.17) is 14.2 Å². The fourth-order valence-corrected chi connectivity index (χ4v) is 9.02. The van der Waals surface area contributed by atoms with E-state index < -0.39 is 36.3 Å². The lowest BCUT2D eigenvalue weighted by atomic mass is 9.57. The molecule has 0 spiro atoms. The van der Waals surface area contributed by atoms with Crippen molar-refractivity contribution in [2.45, 2.75) is 122 Å². The lowest BCUT2D eigenvalue weighted by Crippen LogP contribution is -2.57. The molecule has 0 radical (unpaired) electrons. The lowest BCUT2D eigenvalue weighted by Gasteiger charge is -2.52. The van der Waals surface area contributed by atoms with Crippen molar-refractivity contribution in [3.05, 3.63) is 71.8 Å². The molecular weight excluding hydrogens is 592 g/mol. The molecule has 2 amide bonds. The summed E-state index contributed by atoms with van der Waals surface area (Å²) >= 11 is 0. The minimum absolute atomic E-state index is 0.0193. The van der Waals surface area contributed by atoms with Gasteiger partial charge in [0.25, 0.3) is 0 Å². The highest BCUT2D eigenvalue weighted by Crippen LogP contribution is 2.55. The van der Waals surface area contributed by atoms with Crippen LogP contribution >= 0.6 is 0 Å². The smallest absolute Gasteiger partial charge is 0.410 e. The number of nitrogens with zero attached hydrogens (tertiary/aromatic N) is 1. The summed E-state index contributed by atoms with van der Waals surface area (Å²) in [5.41, 5.74) is 1.61. The highest BCUT2D eigenvalue weighted by atomic mass is 16.6. The molecule has 6 aliphatic carbocycles. The summed E-state index contributed by atoms with van der Waals surface area (Å²) < 4.78 is 17.9. The third-order valence-corrected chi connectivity index (χ3v) is 12.2. The molecule has 6 saturated carbocycles. The number of alkyl carbamates (subject to hydrolysis) is 1. The minimum Gasteiger partial charge on any atom is -0.458 e. The Bertz CT molecular complexity index is 1320. The van der Waals surface area contributed by atoms with E-state index in [-0.39, 0.29) is 24.0 Å². The van der Waals surface area contributed by atoms with Gasteiger partial charge in [0.1, 0.15) is 25.4 Å². The van der Waals surface area contributed by atoms with Crippen molar-refractivity contribution in [3.8, 4) is 0 Å². The number of hydrogen-bond donors (Lipinski definition) is 1. The van der Waals surface area contributed by atoms with E-state index in [0.717, 1.165) is 80.8 Å². The van der Waals surface area contributed by atoms with E-state index >= 15 is 0 Å². The van der Waals surface area contributed by atoms with Gasteiger partial charge < -0.3 is 24.4 Å². The highest BCUT2D eigenvalue weighted by Gasteiger charge is 2.52. The third kappa shape index (κ3) is 7.95. The maximum absolute atomic E-state index is 14.4. The summed E-state index contributed by atoms with van der Waals surface area (Å²) in [5, 5.41) is 2.95. The third-order valence-electron chi connectivity index (χ3n) is 12.2. The first-order valence-electron chi connectivity index (χ1n) is 17.9. The van der Waals surface area contributed by atoms with Gasteiger partial charge in [-0.25, -0.2) is 14.4 Å². The Morgan fingerprint density at radius 2 is 1.26 bits per heavy atom. The largest absolute Gasteiger partial charge is 0.458 e. The van der Waals surface area contributed by atoms with E-state index in [9.17, 15) is 14.4 Å². The average molecular weight is 645 g/mol. The Morgan fingerprint density at radius 1 is 0.766 bits per heavy atom. The zero-order chi connectivity index (χ0) is 32.9. The van der Waals surface area contributed by atoms with E-state index in [1.165, 1.54) is 19.3 Å². The number of rotatable bonds is 12. The highest BCUT2D eigenvalue weighted by molar-refractivity contribution is 5.81. The summed E-state index contributed by atoms with van der Waals surface area (Å²) in [6, 6.07) is 17.9. The van der Waals surface area contributed by atoms with Crippen molar-refractivity contribution in [2.75, 3.05) is 7.05 Å². The maximum Gasteiger partial charge on any atom is 0.410 e. The summed E-state index contributed by atoms with van der Waals surface area (Å²) in [5.74, 6) is 1.09. The van der Waals surface area contributed by atoms with Crippen LogP contribution in [0.3, 0.4) is 0 Å². The SMILES string of the molecule is CC(C(OC(=O)C(CC12CCC(CC1)CC2)NC(=O)OCc1ccccc1)C12CCC(CC1)CC2)N(C)C(=O)OCc1ccccc1. The summed E-state index contributed by atoms with van der Waals surface area (Å²) in [4.78, 5) is 42.5. The molecule has 6 fully saturated rings. The van der Waals surface area contributed by atoms with Crippen LogP contribution in [0.2, 0.25) is 0 Å². The van der Waals surface area contributed by atoms with Crippen LogP contribution in [-0.2, 0) is 32.2 Å².